The Labute approximate surface area is 242 Å². The second-order valence-corrected chi connectivity index (χ2v) is 24.0. The molecule has 1 unspecified atom stereocenters. The first-order chi connectivity index (χ1) is 18.5. The summed E-state index contributed by atoms with van der Waals surface area (Å²) in [5.74, 6) is 1.88. The van der Waals surface area contributed by atoms with E-state index in [0.717, 1.165) is 25.3 Å². The highest BCUT2D eigenvalue weighted by atomic mass is 28.4. The van der Waals surface area contributed by atoms with E-state index in [9.17, 15) is 0 Å². The summed E-state index contributed by atoms with van der Waals surface area (Å²) in [6.07, 6.45) is 1.84. The number of nitrogen functional groups attached to an aromatic ring is 1. The van der Waals surface area contributed by atoms with Gasteiger partial charge < -0.3 is 23.9 Å². The molecule has 4 rings (SSSR count). The van der Waals surface area contributed by atoms with Crippen LogP contribution in [-0.2, 0) is 22.0 Å². The summed E-state index contributed by atoms with van der Waals surface area (Å²) in [6.45, 7) is 25.8. The normalized spacial score (nSPS) is 20.2. The number of nitrogens with zero attached hydrogens (tertiary/aromatic N) is 4. The summed E-state index contributed by atoms with van der Waals surface area (Å²) in [4.78, 5) is 13.6. The van der Waals surface area contributed by atoms with Crippen molar-refractivity contribution >= 4 is 33.7 Å². The molecule has 0 amide bonds. The molecule has 3 atom stereocenters. The summed E-state index contributed by atoms with van der Waals surface area (Å²) in [5, 5.41) is 0.353. The average molecular weight is 584 g/mol. The van der Waals surface area contributed by atoms with E-state index in [1.807, 2.05) is 36.7 Å². The van der Waals surface area contributed by atoms with E-state index in [2.05, 4.69) is 87.2 Å². The van der Waals surface area contributed by atoms with Crippen molar-refractivity contribution in [3.63, 3.8) is 0 Å². The fourth-order valence-corrected chi connectivity index (χ4v) is 6.54. The number of ether oxygens (including phenoxy) is 1. The van der Waals surface area contributed by atoms with E-state index in [1.54, 1.807) is 0 Å². The lowest BCUT2D eigenvalue weighted by molar-refractivity contribution is 0.233. The Morgan fingerprint density at radius 3 is 1.90 bits per heavy atom. The molecule has 2 aromatic heterocycles. The first kappa shape index (κ1) is 30.7. The van der Waals surface area contributed by atoms with Crippen LogP contribution in [0.3, 0.4) is 0 Å². The highest BCUT2D eigenvalue weighted by Crippen LogP contribution is 2.50. The number of anilines is 1. The molecule has 1 aliphatic rings. The fraction of sp³-hybridized carbons (Fsp3) is 0.633. The smallest absolute Gasteiger partial charge is 0.247 e. The van der Waals surface area contributed by atoms with Gasteiger partial charge in [0.05, 0.1) is 6.33 Å². The van der Waals surface area contributed by atoms with E-state index in [4.69, 9.17) is 19.3 Å². The maximum atomic E-state index is 6.70. The quantitative estimate of drug-likeness (QED) is 0.245. The molecule has 0 radical (unpaired) electrons. The molecule has 0 aliphatic heterocycles. The van der Waals surface area contributed by atoms with E-state index in [-0.39, 0.29) is 16.0 Å². The molecule has 2 N–H and O–H groups in total. The highest BCUT2D eigenvalue weighted by Gasteiger charge is 2.52. The Kier molecular flexibility index (Phi) is 8.58. The van der Waals surface area contributed by atoms with Crippen LogP contribution < -0.4 is 10.5 Å². The third-order valence-electron chi connectivity index (χ3n) is 9.47. The number of fused-ring (bicyclic) bond motifs is 1. The van der Waals surface area contributed by atoms with Gasteiger partial charge in [0.2, 0.25) is 11.8 Å². The third kappa shape index (κ3) is 6.78. The minimum absolute atomic E-state index is 0.176. The van der Waals surface area contributed by atoms with Crippen molar-refractivity contribution in [3.05, 3.63) is 42.2 Å². The van der Waals surface area contributed by atoms with Crippen molar-refractivity contribution in [1.82, 2.24) is 19.5 Å². The van der Waals surface area contributed by atoms with Gasteiger partial charge in [-0.25, -0.2) is 4.98 Å². The second kappa shape index (κ2) is 11.2. The van der Waals surface area contributed by atoms with Crippen molar-refractivity contribution in [2.24, 2.45) is 17.8 Å². The second-order valence-electron chi connectivity index (χ2n) is 14.4. The monoisotopic (exact) mass is 583 g/mol. The van der Waals surface area contributed by atoms with Gasteiger partial charge in [-0.05, 0) is 59.6 Å². The lowest BCUT2D eigenvalue weighted by Gasteiger charge is -2.37. The van der Waals surface area contributed by atoms with Crippen LogP contribution in [0, 0.1) is 17.8 Å². The maximum absolute atomic E-state index is 6.70. The molecular formula is C30H49N5O3Si2. The van der Waals surface area contributed by atoms with Gasteiger partial charge >= 0.3 is 0 Å². The lowest BCUT2D eigenvalue weighted by atomic mass is 10.2. The van der Waals surface area contributed by atoms with E-state index >= 15 is 0 Å². The van der Waals surface area contributed by atoms with Gasteiger partial charge in [-0.1, -0.05) is 71.9 Å². The van der Waals surface area contributed by atoms with E-state index in [0.29, 0.717) is 41.4 Å². The first-order valence-corrected chi connectivity index (χ1v) is 20.2. The van der Waals surface area contributed by atoms with Crippen LogP contribution in [0.4, 0.5) is 5.95 Å². The standard InChI is InChI=1S/C30H49N5O3Si2/c1-29(2,3)39(7,8)37-18-23-22(24(23)19-38-40(9,10)30(4,5)6)16-35-20-32-25-26(35)33-28(31)34-27(25)36-17-21-14-12-11-13-15-21/h11-15,20,22-24H,16-19H2,1-10H3,(H2,31,33,34)/t22?,23-,24+. The van der Waals surface area contributed by atoms with Crippen LogP contribution in [0.5, 0.6) is 5.88 Å². The Balaban J connectivity index is 1.52. The van der Waals surface area contributed by atoms with Gasteiger partial charge in [0.25, 0.3) is 0 Å². The zero-order valence-corrected chi connectivity index (χ0v) is 28.1. The Morgan fingerprint density at radius 1 is 0.825 bits per heavy atom. The topological polar surface area (TPSA) is 97.3 Å². The minimum atomic E-state index is -1.86. The highest BCUT2D eigenvalue weighted by molar-refractivity contribution is 6.74. The van der Waals surface area contributed by atoms with Crippen molar-refractivity contribution < 1.29 is 13.6 Å². The van der Waals surface area contributed by atoms with Crippen LogP contribution in [0.15, 0.2) is 36.7 Å². The molecule has 0 saturated heterocycles. The van der Waals surface area contributed by atoms with Crippen molar-refractivity contribution in [2.45, 2.75) is 91.0 Å². The van der Waals surface area contributed by atoms with Crippen LogP contribution in [0.25, 0.3) is 11.2 Å². The lowest BCUT2D eigenvalue weighted by Crippen LogP contribution is -2.42. The van der Waals surface area contributed by atoms with Gasteiger partial charge in [-0.3, -0.25) is 0 Å². The number of imidazole rings is 1. The molecule has 40 heavy (non-hydrogen) atoms. The van der Waals surface area contributed by atoms with Crippen molar-refractivity contribution in [2.75, 3.05) is 18.9 Å². The van der Waals surface area contributed by atoms with Crippen LogP contribution in [0.2, 0.25) is 36.3 Å². The predicted molar refractivity (Wildman–Crippen MR) is 167 cm³/mol. The van der Waals surface area contributed by atoms with Crippen molar-refractivity contribution in [3.8, 4) is 5.88 Å². The summed E-state index contributed by atoms with van der Waals surface area (Å²) < 4.78 is 21.5. The summed E-state index contributed by atoms with van der Waals surface area (Å²) in [5.41, 5.74) is 8.51. The number of benzene rings is 1. The number of rotatable bonds is 11. The molecule has 0 bridgehead atoms. The third-order valence-corrected chi connectivity index (χ3v) is 18.5. The maximum Gasteiger partial charge on any atom is 0.247 e. The van der Waals surface area contributed by atoms with Gasteiger partial charge in [0, 0.05) is 19.8 Å². The van der Waals surface area contributed by atoms with Gasteiger partial charge in [0.15, 0.2) is 27.8 Å². The first-order valence-electron chi connectivity index (χ1n) is 14.4. The number of nitrogens with two attached hydrogens (primary N) is 1. The SMILES string of the molecule is CC(C)(C)[Si](C)(C)OC[C@@H]1C(Cn2cnc3c(OCc4ccccc4)nc(N)nc32)[C@@H]1CO[Si](C)(C)C(C)(C)C. The van der Waals surface area contributed by atoms with Crippen molar-refractivity contribution in [1.29, 1.82) is 0 Å². The van der Waals surface area contributed by atoms with Gasteiger partial charge in [-0.2, -0.15) is 9.97 Å². The Hall–Kier alpha value is -2.28. The zero-order valence-electron chi connectivity index (χ0n) is 26.1. The molecule has 1 fully saturated rings. The fourth-order valence-electron chi connectivity index (χ4n) is 4.45. The Morgan fingerprint density at radius 2 is 1.38 bits per heavy atom. The molecule has 3 aromatic rings. The molecular weight excluding hydrogens is 535 g/mol. The minimum Gasteiger partial charge on any atom is -0.471 e. The molecule has 1 aliphatic carbocycles. The molecule has 8 nitrogen and oxygen atoms in total. The molecule has 1 saturated carbocycles. The number of hydrogen-bond donors (Lipinski definition) is 1. The van der Waals surface area contributed by atoms with Gasteiger partial charge in [0.1, 0.15) is 6.61 Å². The largest absolute Gasteiger partial charge is 0.471 e. The van der Waals surface area contributed by atoms with Crippen LogP contribution in [0.1, 0.15) is 47.1 Å². The summed E-state index contributed by atoms with van der Waals surface area (Å²) in [6, 6.07) is 10.0. The number of aromatic nitrogens is 4. The molecule has 220 valence electrons. The van der Waals surface area contributed by atoms with E-state index in [1.165, 1.54) is 0 Å². The Bertz CT molecular complexity index is 1260. The predicted octanol–water partition coefficient (Wildman–Crippen LogP) is 6.89. The van der Waals surface area contributed by atoms with Crippen LogP contribution >= 0.6 is 0 Å². The summed E-state index contributed by atoms with van der Waals surface area (Å²) >= 11 is 0. The van der Waals surface area contributed by atoms with Gasteiger partial charge in [-0.15, -0.1) is 0 Å². The van der Waals surface area contributed by atoms with Crippen LogP contribution in [-0.4, -0.2) is 49.4 Å². The number of hydrogen-bond acceptors (Lipinski definition) is 7. The molecule has 0 spiro atoms. The molecule has 2 heterocycles. The molecule has 10 heteroatoms. The summed E-state index contributed by atoms with van der Waals surface area (Å²) in [7, 11) is -3.71. The van der Waals surface area contributed by atoms with E-state index < -0.39 is 16.6 Å². The zero-order chi connectivity index (χ0) is 29.5. The molecule has 1 aromatic carbocycles. The average Bonchev–Trinajstić information content (AvgIpc) is 3.36.